The first-order chi connectivity index (χ1) is 8.97. The molecule has 0 N–H and O–H groups in total. The summed E-state index contributed by atoms with van der Waals surface area (Å²) in [5, 5.41) is 0.592. The molecule has 0 unspecified atom stereocenters. The van der Waals surface area contributed by atoms with Gasteiger partial charge in [0.25, 0.3) is 0 Å². The van der Waals surface area contributed by atoms with Gasteiger partial charge in [-0.15, -0.1) is 0 Å². The maximum absolute atomic E-state index is 12.3. The van der Waals surface area contributed by atoms with Gasteiger partial charge in [0.1, 0.15) is 0 Å². The van der Waals surface area contributed by atoms with Crippen LogP contribution in [-0.2, 0) is 6.42 Å². The van der Waals surface area contributed by atoms with Crippen LogP contribution in [0.4, 0.5) is 0 Å². The molecule has 0 saturated heterocycles. The van der Waals surface area contributed by atoms with Crippen LogP contribution < -0.4 is 0 Å². The first-order valence-electron chi connectivity index (χ1n) is 5.39. The van der Waals surface area contributed by atoms with Crippen LogP contribution in [0.2, 0.25) is 5.02 Å². The van der Waals surface area contributed by atoms with Gasteiger partial charge in [-0.1, -0.05) is 65.5 Å². The summed E-state index contributed by atoms with van der Waals surface area (Å²) in [7, 11) is 0. The number of halogens is 4. The lowest BCUT2D eigenvalue weighted by Crippen LogP contribution is -2.05. The Bertz CT molecular complexity index is 641. The second kappa shape index (κ2) is 6.53. The SMILES string of the molecule is O=C(Cc1ccc(Br)cc1Cl)c1cc(Br)ccc1Br. The Morgan fingerprint density at radius 1 is 1.00 bits per heavy atom. The number of Topliss-reactive ketones (excluding diaryl/α,β-unsaturated/α-hetero) is 1. The molecule has 0 atom stereocenters. The maximum atomic E-state index is 12.3. The Morgan fingerprint density at radius 2 is 1.63 bits per heavy atom. The van der Waals surface area contributed by atoms with Crippen molar-refractivity contribution in [3.63, 3.8) is 0 Å². The van der Waals surface area contributed by atoms with Crippen LogP contribution in [-0.4, -0.2) is 5.78 Å². The van der Waals surface area contributed by atoms with Crippen molar-refractivity contribution < 1.29 is 4.79 Å². The topological polar surface area (TPSA) is 17.1 Å². The predicted molar refractivity (Wildman–Crippen MR) is 89.0 cm³/mol. The Balaban J connectivity index is 2.28. The molecule has 98 valence electrons. The van der Waals surface area contributed by atoms with Gasteiger partial charge in [0.2, 0.25) is 0 Å². The Kier molecular flexibility index (Phi) is 5.23. The van der Waals surface area contributed by atoms with Gasteiger partial charge in [-0.05, 0) is 35.9 Å². The smallest absolute Gasteiger partial charge is 0.168 e. The van der Waals surface area contributed by atoms with Crippen LogP contribution in [0.25, 0.3) is 0 Å². The fraction of sp³-hybridized carbons (Fsp3) is 0.0714. The number of ketones is 1. The van der Waals surface area contributed by atoms with Crippen LogP contribution in [0.1, 0.15) is 15.9 Å². The Morgan fingerprint density at radius 3 is 2.32 bits per heavy atom. The van der Waals surface area contributed by atoms with Gasteiger partial charge in [-0.3, -0.25) is 4.79 Å². The molecule has 1 nitrogen and oxygen atoms in total. The molecule has 0 fully saturated rings. The molecule has 0 aliphatic heterocycles. The second-order valence-corrected chi connectivity index (χ2v) is 7.05. The van der Waals surface area contributed by atoms with Crippen LogP contribution in [0, 0.1) is 0 Å². The van der Waals surface area contributed by atoms with E-state index in [4.69, 9.17) is 11.6 Å². The van der Waals surface area contributed by atoms with Crippen molar-refractivity contribution in [2.45, 2.75) is 6.42 Å². The first-order valence-corrected chi connectivity index (χ1v) is 8.15. The molecule has 0 spiro atoms. The lowest BCUT2D eigenvalue weighted by atomic mass is 10.0. The fourth-order valence-electron chi connectivity index (χ4n) is 1.64. The van der Waals surface area contributed by atoms with Gasteiger partial charge in [0.15, 0.2) is 5.78 Å². The summed E-state index contributed by atoms with van der Waals surface area (Å²) < 4.78 is 2.56. The van der Waals surface area contributed by atoms with Crippen LogP contribution in [0.15, 0.2) is 49.8 Å². The summed E-state index contributed by atoms with van der Waals surface area (Å²) in [4.78, 5) is 12.3. The number of benzene rings is 2. The highest BCUT2D eigenvalue weighted by atomic mass is 79.9. The number of hydrogen-bond acceptors (Lipinski definition) is 1. The summed E-state index contributed by atoms with van der Waals surface area (Å²) >= 11 is 16.2. The molecule has 0 aliphatic carbocycles. The molecule has 0 bridgehead atoms. The molecule has 19 heavy (non-hydrogen) atoms. The van der Waals surface area contributed by atoms with Gasteiger partial charge in [0, 0.05) is 30.4 Å². The van der Waals surface area contributed by atoms with Gasteiger partial charge < -0.3 is 0 Å². The second-order valence-electron chi connectivity index (χ2n) is 3.96. The van der Waals surface area contributed by atoms with Crippen molar-refractivity contribution in [1.29, 1.82) is 0 Å². The third kappa shape index (κ3) is 3.91. The minimum Gasteiger partial charge on any atom is -0.294 e. The summed E-state index contributed by atoms with van der Waals surface area (Å²) in [6.45, 7) is 0. The zero-order valence-electron chi connectivity index (χ0n) is 9.59. The van der Waals surface area contributed by atoms with E-state index in [0.29, 0.717) is 10.6 Å². The molecule has 2 rings (SSSR count). The molecule has 2 aromatic rings. The lowest BCUT2D eigenvalue weighted by Gasteiger charge is -2.07. The van der Waals surface area contributed by atoms with Gasteiger partial charge in [-0.25, -0.2) is 0 Å². The number of carbonyl (C=O) groups is 1. The van der Waals surface area contributed by atoms with Crippen molar-refractivity contribution in [2.75, 3.05) is 0 Å². The quantitative estimate of drug-likeness (QED) is 0.502. The van der Waals surface area contributed by atoms with Crippen LogP contribution in [0.5, 0.6) is 0 Å². The van der Waals surface area contributed by atoms with E-state index in [9.17, 15) is 4.79 Å². The van der Waals surface area contributed by atoms with Gasteiger partial charge >= 0.3 is 0 Å². The Hall–Kier alpha value is -0.160. The van der Waals surface area contributed by atoms with E-state index >= 15 is 0 Å². The average molecular weight is 467 g/mol. The van der Waals surface area contributed by atoms with Gasteiger partial charge in [0.05, 0.1) is 0 Å². The standard InChI is InChI=1S/C14H8Br3ClO/c15-9-3-4-12(17)11(6-9)14(19)5-8-1-2-10(16)7-13(8)18/h1-4,6-7H,5H2. The molecular weight excluding hydrogens is 459 g/mol. The molecule has 0 aromatic heterocycles. The largest absolute Gasteiger partial charge is 0.294 e. The van der Waals surface area contributed by atoms with E-state index in [1.165, 1.54) is 0 Å². The molecule has 0 aliphatic rings. The molecule has 0 amide bonds. The van der Waals surface area contributed by atoms with E-state index in [0.717, 1.165) is 19.0 Å². The van der Waals surface area contributed by atoms with E-state index in [1.807, 2.05) is 24.3 Å². The minimum atomic E-state index is 0.0254. The Labute approximate surface area is 141 Å². The monoisotopic (exact) mass is 464 g/mol. The van der Waals surface area contributed by atoms with Crippen molar-refractivity contribution in [2.24, 2.45) is 0 Å². The van der Waals surface area contributed by atoms with Crippen molar-refractivity contribution in [3.05, 3.63) is 66.0 Å². The summed E-state index contributed by atoms with van der Waals surface area (Å²) in [5.41, 5.74) is 1.47. The lowest BCUT2D eigenvalue weighted by molar-refractivity contribution is 0.0992. The number of carbonyl (C=O) groups excluding carboxylic acids is 1. The van der Waals surface area contributed by atoms with Crippen LogP contribution >= 0.6 is 59.4 Å². The normalized spacial score (nSPS) is 10.5. The van der Waals surface area contributed by atoms with E-state index < -0.39 is 0 Å². The van der Waals surface area contributed by atoms with Gasteiger partial charge in [-0.2, -0.15) is 0 Å². The maximum Gasteiger partial charge on any atom is 0.168 e. The van der Waals surface area contributed by atoms with Crippen LogP contribution in [0.3, 0.4) is 0 Å². The van der Waals surface area contributed by atoms with E-state index in [-0.39, 0.29) is 12.2 Å². The fourth-order valence-corrected chi connectivity index (χ4v) is 3.21. The zero-order chi connectivity index (χ0) is 14.0. The first kappa shape index (κ1) is 15.2. The highest BCUT2D eigenvalue weighted by molar-refractivity contribution is 9.11. The minimum absolute atomic E-state index is 0.0254. The zero-order valence-corrected chi connectivity index (χ0v) is 15.1. The molecule has 5 heteroatoms. The highest BCUT2D eigenvalue weighted by Gasteiger charge is 2.13. The third-order valence-corrected chi connectivity index (χ3v) is 4.62. The number of hydrogen-bond donors (Lipinski definition) is 0. The third-order valence-electron chi connectivity index (χ3n) is 2.59. The average Bonchev–Trinajstić information content (AvgIpc) is 2.35. The number of rotatable bonds is 3. The molecular formula is C14H8Br3ClO. The molecule has 0 radical (unpaired) electrons. The molecule has 0 heterocycles. The summed E-state index contributed by atoms with van der Waals surface area (Å²) in [5.74, 6) is 0.0254. The molecule has 2 aromatic carbocycles. The van der Waals surface area contributed by atoms with Crippen molar-refractivity contribution in [3.8, 4) is 0 Å². The van der Waals surface area contributed by atoms with E-state index in [2.05, 4.69) is 47.8 Å². The van der Waals surface area contributed by atoms with E-state index in [1.54, 1.807) is 12.1 Å². The predicted octanol–water partition coefficient (Wildman–Crippen LogP) is 6.05. The molecule has 0 saturated carbocycles. The summed E-state index contributed by atoms with van der Waals surface area (Å²) in [6.07, 6.45) is 0.279. The van der Waals surface area contributed by atoms with Crippen molar-refractivity contribution in [1.82, 2.24) is 0 Å². The van der Waals surface area contributed by atoms with Crippen molar-refractivity contribution >= 4 is 65.2 Å². The highest BCUT2D eigenvalue weighted by Crippen LogP contribution is 2.26. The summed E-state index contributed by atoms with van der Waals surface area (Å²) in [6, 6.07) is 11.1.